The third-order valence-corrected chi connectivity index (χ3v) is 6.78. The number of piperazine rings is 1. The molecular weight excluding hydrogens is 439 g/mol. The highest BCUT2D eigenvalue weighted by Gasteiger charge is 2.31. The van der Waals surface area contributed by atoms with Gasteiger partial charge in [-0.15, -0.1) is 0 Å². The third-order valence-electron chi connectivity index (χ3n) is 6.45. The smallest absolute Gasteiger partial charge is 0.255 e. The van der Waals surface area contributed by atoms with E-state index in [0.717, 1.165) is 35.7 Å². The van der Waals surface area contributed by atoms with E-state index in [2.05, 4.69) is 4.90 Å². The van der Waals surface area contributed by atoms with Crippen molar-refractivity contribution >= 4 is 23.3 Å². The normalized spacial score (nSPS) is 16.2. The van der Waals surface area contributed by atoms with E-state index >= 15 is 0 Å². The second kappa shape index (κ2) is 9.10. The average molecular weight is 465 g/mol. The number of amides is 1. The van der Waals surface area contributed by atoms with E-state index in [1.54, 1.807) is 18.2 Å². The van der Waals surface area contributed by atoms with Gasteiger partial charge in [-0.25, -0.2) is 14.4 Å². The van der Waals surface area contributed by atoms with Gasteiger partial charge in [0.25, 0.3) is 5.91 Å². The minimum absolute atomic E-state index is 0.0515. The number of rotatable bonds is 5. The average Bonchev–Trinajstić information content (AvgIpc) is 3.67. The van der Waals surface area contributed by atoms with Crippen LogP contribution in [0.5, 0.6) is 0 Å². The number of anilines is 1. The van der Waals surface area contributed by atoms with Gasteiger partial charge in [0, 0.05) is 49.8 Å². The van der Waals surface area contributed by atoms with Gasteiger partial charge in [0.15, 0.2) is 0 Å². The lowest BCUT2D eigenvalue weighted by Gasteiger charge is -2.36. The van der Waals surface area contributed by atoms with E-state index in [-0.39, 0.29) is 11.7 Å². The molecule has 2 aliphatic rings. The Bertz CT molecular complexity index is 1190. The molecule has 3 aromatic rings. The zero-order chi connectivity index (χ0) is 22.9. The summed E-state index contributed by atoms with van der Waals surface area (Å²) in [5, 5.41) is 0.470. The number of carbonyl (C=O) groups is 1. The number of nitrogens with zero attached hydrogens (tertiary/aromatic N) is 4. The van der Waals surface area contributed by atoms with Gasteiger partial charge in [0.2, 0.25) is 0 Å². The molecule has 0 bridgehead atoms. The van der Waals surface area contributed by atoms with Crippen LogP contribution in [-0.4, -0.2) is 47.0 Å². The maximum Gasteiger partial charge on any atom is 0.255 e. The van der Waals surface area contributed by atoms with Crippen LogP contribution in [0, 0.1) is 12.7 Å². The molecule has 1 aliphatic carbocycles. The maximum atomic E-state index is 14.4. The molecule has 2 aromatic carbocycles. The van der Waals surface area contributed by atoms with Gasteiger partial charge in [0.05, 0.1) is 10.6 Å². The molecule has 5 nitrogen and oxygen atoms in total. The quantitative estimate of drug-likeness (QED) is 0.532. The molecule has 0 unspecified atom stereocenters. The second-order valence-corrected chi connectivity index (χ2v) is 9.18. The SMILES string of the molecule is Cc1nc(C2CC2)nc(N2CCN(C(=O)c3ccccc3Cl)CC2)c1Cc1ccccc1F. The molecule has 1 aliphatic heterocycles. The Kier molecular flexibility index (Phi) is 6.02. The van der Waals surface area contributed by atoms with Gasteiger partial charge in [-0.3, -0.25) is 4.79 Å². The minimum atomic E-state index is -0.218. The summed E-state index contributed by atoms with van der Waals surface area (Å²) in [5.41, 5.74) is 3.02. The number of aryl methyl sites for hydroxylation is 1. The van der Waals surface area contributed by atoms with E-state index in [4.69, 9.17) is 21.6 Å². The molecule has 0 N–H and O–H groups in total. The van der Waals surface area contributed by atoms with Crippen molar-refractivity contribution in [1.82, 2.24) is 14.9 Å². The van der Waals surface area contributed by atoms with Gasteiger partial charge in [0.1, 0.15) is 17.5 Å². The Morgan fingerprint density at radius 3 is 2.42 bits per heavy atom. The molecule has 1 amide bonds. The molecule has 33 heavy (non-hydrogen) atoms. The van der Waals surface area contributed by atoms with Crippen LogP contribution in [0.2, 0.25) is 5.02 Å². The van der Waals surface area contributed by atoms with Gasteiger partial charge in [-0.2, -0.15) is 0 Å². The summed E-state index contributed by atoms with van der Waals surface area (Å²) in [6, 6.07) is 14.0. The number of carbonyl (C=O) groups excluding carboxylic acids is 1. The van der Waals surface area contributed by atoms with Crippen molar-refractivity contribution in [2.24, 2.45) is 0 Å². The molecule has 170 valence electrons. The molecule has 2 heterocycles. The van der Waals surface area contributed by atoms with Crippen molar-refractivity contribution in [2.75, 3.05) is 31.1 Å². The van der Waals surface area contributed by atoms with Gasteiger partial charge < -0.3 is 9.80 Å². The Hall–Kier alpha value is -2.99. The first-order valence-corrected chi connectivity index (χ1v) is 11.8. The van der Waals surface area contributed by atoms with Gasteiger partial charge in [-0.05, 0) is 43.5 Å². The summed E-state index contributed by atoms with van der Waals surface area (Å²) in [7, 11) is 0. The number of hydrogen-bond acceptors (Lipinski definition) is 4. The molecule has 1 aromatic heterocycles. The first-order valence-electron chi connectivity index (χ1n) is 11.4. The number of benzene rings is 2. The molecule has 0 atom stereocenters. The van der Waals surface area contributed by atoms with Crippen LogP contribution in [0.4, 0.5) is 10.2 Å². The highest BCUT2D eigenvalue weighted by Crippen LogP contribution is 2.40. The van der Waals surface area contributed by atoms with E-state index in [0.29, 0.717) is 54.7 Å². The summed E-state index contributed by atoms with van der Waals surface area (Å²) >= 11 is 6.24. The van der Waals surface area contributed by atoms with Crippen LogP contribution in [0.1, 0.15) is 51.8 Å². The lowest BCUT2D eigenvalue weighted by atomic mass is 10.0. The Morgan fingerprint density at radius 1 is 1.03 bits per heavy atom. The highest BCUT2D eigenvalue weighted by atomic mass is 35.5. The predicted molar refractivity (Wildman–Crippen MR) is 128 cm³/mol. The molecule has 0 radical (unpaired) electrons. The Balaban J connectivity index is 1.40. The van der Waals surface area contributed by atoms with Crippen molar-refractivity contribution in [3.63, 3.8) is 0 Å². The fraction of sp³-hybridized carbons (Fsp3) is 0.346. The van der Waals surface area contributed by atoms with Crippen molar-refractivity contribution in [3.8, 4) is 0 Å². The predicted octanol–water partition coefficient (Wildman–Crippen LogP) is 5.01. The first kappa shape index (κ1) is 21.8. The van der Waals surface area contributed by atoms with E-state index < -0.39 is 0 Å². The van der Waals surface area contributed by atoms with Gasteiger partial charge in [-0.1, -0.05) is 41.9 Å². The third kappa shape index (κ3) is 4.58. The number of halogens is 2. The molecule has 0 spiro atoms. The summed E-state index contributed by atoms with van der Waals surface area (Å²) < 4.78 is 14.4. The largest absolute Gasteiger partial charge is 0.353 e. The second-order valence-electron chi connectivity index (χ2n) is 8.77. The van der Waals surface area contributed by atoms with Crippen LogP contribution >= 0.6 is 11.6 Å². The molecule has 1 saturated heterocycles. The summed E-state index contributed by atoms with van der Waals surface area (Å²) in [6.45, 7) is 4.45. The van der Waals surface area contributed by atoms with Crippen molar-refractivity contribution in [1.29, 1.82) is 0 Å². The Labute approximate surface area is 198 Å². The standard InChI is InChI=1S/C26H26ClFN4O/c1-17-21(16-19-6-2-5-9-23(19)28)25(30-24(29-17)18-10-11-18)31-12-14-32(15-13-31)26(33)20-7-3-4-8-22(20)27/h2-9,18H,10-16H2,1H3. The van der Waals surface area contributed by atoms with Crippen molar-refractivity contribution in [2.45, 2.75) is 32.1 Å². The van der Waals surface area contributed by atoms with Crippen molar-refractivity contribution < 1.29 is 9.18 Å². The van der Waals surface area contributed by atoms with Crippen LogP contribution < -0.4 is 4.90 Å². The molecule has 1 saturated carbocycles. The zero-order valence-corrected chi connectivity index (χ0v) is 19.4. The summed E-state index contributed by atoms with van der Waals surface area (Å²) in [4.78, 5) is 26.7. The van der Waals surface area contributed by atoms with E-state index in [9.17, 15) is 9.18 Å². The summed E-state index contributed by atoms with van der Waals surface area (Å²) in [6.07, 6.45) is 2.68. The fourth-order valence-corrected chi connectivity index (χ4v) is 4.57. The molecular formula is C26H26ClFN4O. The van der Waals surface area contributed by atoms with Crippen LogP contribution in [0.15, 0.2) is 48.5 Å². The highest BCUT2D eigenvalue weighted by molar-refractivity contribution is 6.33. The van der Waals surface area contributed by atoms with Crippen LogP contribution in [-0.2, 0) is 6.42 Å². The zero-order valence-electron chi connectivity index (χ0n) is 18.6. The molecule has 5 rings (SSSR count). The monoisotopic (exact) mass is 464 g/mol. The topological polar surface area (TPSA) is 49.3 Å². The van der Waals surface area contributed by atoms with Gasteiger partial charge >= 0.3 is 0 Å². The maximum absolute atomic E-state index is 14.4. The Morgan fingerprint density at radius 2 is 1.73 bits per heavy atom. The van der Waals surface area contributed by atoms with E-state index in [1.807, 2.05) is 36.1 Å². The fourth-order valence-electron chi connectivity index (χ4n) is 4.35. The lowest BCUT2D eigenvalue weighted by Crippen LogP contribution is -2.49. The van der Waals surface area contributed by atoms with Crippen LogP contribution in [0.25, 0.3) is 0 Å². The number of aromatic nitrogens is 2. The first-order chi connectivity index (χ1) is 16.0. The van der Waals surface area contributed by atoms with E-state index in [1.165, 1.54) is 6.07 Å². The van der Waals surface area contributed by atoms with Crippen LogP contribution in [0.3, 0.4) is 0 Å². The minimum Gasteiger partial charge on any atom is -0.353 e. The number of hydrogen-bond donors (Lipinski definition) is 0. The lowest BCUT2D eigenvalue weighted by molar-refractivity contribution is 0.0746. The molecule has 7 heteroatoms. The molecule has 2 fully saturated rings. The van der Waals surface area contributed by atoms with Crippen molar-refractivity contribution in [3.05, 3.63) is 87.6 Å². The summed E-state index contributed by atoms with van der Waals surface area (Å²) in [5.74, 6) is 1.91.